The minimum absolute atomic E-state index is 0.0355. The molecule has 1 aliphatic rings. The average molecular weight is 474 g/mol. The molecule has 0 spiro atoms. The fourth-order valence-corrected chi connectivity index (χ4v) is 4.24. The van der Waals surface area contributed by atoms with E-state index in [1.54, 1.807) is 21.9 Å². The minimum atomic E-state index is -0.143. The first-order valence-corrected chi connectivity index (χ1v) is 11.4. The number of nitrogens with zero attached hydrogens (tertiary/aromatic N) is 3. The average Bonchev–Trinajstić information content (AvgIpc) is 3.42. The standard InChI is InChI=1S/C25H23N5O3S/c31-23(29-11-13-30(14-12-29)24(32)21-6-3-15-33-21)18-9-7-17(8-10-18)16-26-22-19-4-1-2-5-20(19)27-25(34)28-22/h1-10,15H,11-14,16H2,(H2,26,27,28,34). The zero-order valence-electron chi connectivity index (χ0n) is 18.4. The number of anilines is 1. The molecule has 8 nitrogen and oxygen atoms in total. The second-order valence-electron chi connectivity index (χ2n) is 8.05. The maximum atomic E-state index is 12.9. The molecule has 9 heteroatoms. The van der Waals surface area contributed by atoms with E-state index < -0.39 is 0 Å². The maximum absolute atomic E-state index is 12.9. The molecular formula is C25H23N5O3S. The van der Waals surface area contributed by atoms with Crippen LogP contribution in [0, 0.1) is 4.77 Å². The van der Waals surface area contributed by atoms with Gasteiger partial charge in [-0.05, 0) is 54.2 Å². The molecule has 4 aromatic rings. The van der Waals surface area contributed by atoms with E-state index in [2.05, 4.69) is 15.3 Å². The molecule has 2 amide bonds. The van der Waals surface area contributed by atoms with Gasteiger partial charge >= 0.3 is 0 Å². The molecule has 1 fully saturated rings. The summed E-state index contributed by atoms with van der Waals surface area (Å²) < 4.78 is 5.61. The number of furan rings is 1. The fourth-order valence-electron chi connectivity index (χ4n) is 4.04. The van der Waals surface area contributed by atoms with Crippen LogP contribution in [0.4, 0.5) is 5.82 Å². The highest BCUT2D eigenvalue weighted by atomic mass is 32.1. The highest BCUT2D eigenvalue weighted by Gasteiger charge is 2.26. The van der Waals surface area contributed by atoms with E-state index in [0.29, 0.717) is 48.8 Å². The van der Waals surface area contributed by atoms with Crippen molar-refractivity contribution in [1.29, 1.82) is 0 Å². The smallest absolute Gasteiger partial charge is 0.289 e. The van der Waals surface area contributed by atoms with Crippen molar-refractivity contribution in [2.45, 2.75) is 6.54 Å². The number of hydrogen-bond acceptors (Lipinski definition) is 6. The number of carbonyl (C=O) groups is 2. The number of para-hydroxylation sites is 1. The number of benzene rings is 2. The summed E-state index contributed by atoms with van der Waals surface area (Å²) in [6.07, 6.45) is 1.49. The van der Waals surface area contributed by atoms with E-state index in [0.717, 1.165) is 22.3 Å². The van der Waals surface area contributed by atoms with Crippen LogP contribution in [0.5, 0.6) is 0 Å². The molecule has 0 radical (unpaired) electrons. The van der Waals surface area contributed by atoms with Gasteiger partial charge < -0.3 is 24.5 Å². The van der Waals surface area contributed by atoms with Gasteiger partial charge in [-0.15, -0.1) is 0 Å². The predicted molar refractivity (Wildman–Crippen MR) is 131 cm³/mol. The zero-order chi connectivity index (χ0) is 23.5. The summed E-state index contributed by atoms with van der Waals surface area (Å²) in [7, 11) is 0. The van der Waals surface area contributed by atoms with Gasteiger partial charge in [0.25, 0.3) is 11.8 Å². The quantitative estimate of drug-likeness (QED) is 0.424. The Kier molecular flexibility index (Phi) is 6.09. The first-order valence-electron chi connectivity index (χ1n) is 11.0. The van der Waals surface area contributed by atoms with Crippen molar-refractivity contribution < 1.29 is 14.0 Å². The van der Waals surface area contributed by atoms with Crippen LogP contribution in [0.15, 0.2) is 71.3 Å². The Morgan fingerprint density at radius 2 is 1.65 bits per heavy atom. The SMILES string of the molecule is O=C(c1ccc(CNc2nc(=S)[nH]c3ccccc23)cc1)N1CCN(C(=O)c2ccco2)CC1. The number of amides is 2. The van der Waals surface area contributed by atoms with Crippen LogP contribution in [0.2, 0.25) is 0 Å². The number of nitrogens with one attached hydrogen (secondary N) is 2. The molecule has 0 bridgehead atoms. The summed E-state index contributed by atoms with van der Waals surface area (Å²) in [5, 5.41) is 4.31. The summed E-state index contributed by atoms with van der Waals surface area (Å²) in [4.78, 5) is 36.3. The van der Waals surface area contributed by atoms with Crippen LogP contribution in [0.1, 0.15) is 26.5 Å². The lowest BCUT2D eigenvalue weighted by atomic mass is 10.1. The van der Waals surface area contributed by atoms with Crippen LogP contribution >= 0.6 is 12.2 Å². The highest BCUT2D eigenvalue weighted by Crippen LogP contribution is 2.20. The summed E-state index contributed by atoms with van der Waals surface area (Å²) in [5.41, 5.74) is 2.58. The molecular weight excluding hydrogens is 450 g/mol. The summed E-state index contributed by atoms with van der Waals surface area (Å²) in [6.45, 7) is 2.49. The lowest BCUT2D eigenvalue weighted by Crippen LogP contribution is -2.50. The van der Waals surface area contributed by atoms with Crippen molar-refractivity contribution in [1.82, 2.24) is 19.8 Å². The molecule has 0 unspecified atom stereocenters. The number of hydrogen-bond donors (Lipinski definition) is 2. The van der Waals surface area contributed by atoms with Crippen LogP contribution in [0.25, 0.3) is 10.9 Å². The highest BCUT2D eigenvalue weighted by molar-refractivity contribution is 7.71. The molecule has 5 rings (SSSR count). The molecule has 2 aromatic carbocycles. The van der Waals surface area contributed by atoms with Gasteiger partial charge in [0.2, 0.25) is 0 Å². The fraction of sp³-hybridized carbons (Fsp3) is 0.200. The van der Waals surface area contributed by atoms with Gasteiger partial charge in [0, 0.05) is 43.7 Å². The lowest BCUT2D eigenvalue weighted by Gasteiger charge is -2.34. The van der Waals surface area contributed by atoms with E-state index >= 15 is 0 Å². The van der Waals surface area contributed by atoms with Crippen molar-refractivity contribution in [3.8, 4) is 0 Å². The zero-order valence-corrected chi connectivity index (χ0v) is 19.2. The van der Waals surface area contributed by atoms with Crippen molar-refractivity contribution in [3.63, 3.8) is 0 Å². The Hall–Kier alpha value is -3.98. The number of rotatable bonds is 5. The molecule has 0 aliphatic carbocycles. The van der Waals surface area contributed by atoms with E-state index in [-0.39, 0.29) is 11.8 Å². The Morgan fingerprint density at radius 1 is 0.941 bits per heavy atom. The monoisotopic (exact) mass is 473 g/mol. The first-order chi connectivity index (χ1) is 16.6. The number of aromatic amines is 1. The number of piperazine rings is 1. The van der Waals surface area contributed by atoms with Crippen LogP contribution in [0.3, 0.4) is 0 Å². The minimum Gasteiger partial charge on any atom is -0.459 e. The van der Waals surface area contributed by atoms with Crippen molar-refractivity contribution in [3.05, 3.63) is 88.6 Å². The van der Waals surface area contributed by atoms with Gasteiger partial charge in [-0.25, -0.2) is 4.98 Å². The number of fused-ring (bicyclic) bond motifs is 1. The van der Waals surface area contributed by atoms with Crippen molar-refractivity contribution >= 4 is 40.8 Å². The Bertz CT molecular complexity index is 1370. The Labute approximate surface area is 201 Å². The van der Waals surface area contributed by atoms with E-state index in [4.69, 9.17) is 16.6 Å². The molecule has 1 aliphatic heterocycles. The normalized spacial score (nSPS) is 13.8. The number of carbonyl (C=O) groups excluding carboxylic acids is 2. The van der Waals surface area contributed by atoms with Crippen LogP contribution < -0.4 is 5.32 Å². The molecule has 0 atom stereocenters. The lowest BCUT2D eigenvalue weighted by molar-refractivity contribution is 0.0518. The van der Waals surface area contributed by atoms with Gasteiger partial charge in [0.1, 0.15) is 5.82 Å². The molecule has 1 saturated heterocycles. The third-order valence-corrected chi connectivity index (χ3v) is 6.08. The number of H-pyrrole nitrogens is 1. The van der Waals surface area contributed by atoms with Crippen LogP contribution in [-0.2, 0) is 6.54 Å². The summed E-state index contributed by atoms with van der Waals surface area (Å²) in [5.74, 6) is 0.869. The Morgan fingerprint density at radius 3 is 2.35 bits per heavy atom. The molecule has 34 heavy (non-hydrogen) atoms. The van der Waals surface area contributed by atoms with Gasteiger partial charge in [0.05, 0.1) is 11.8 Å². The number of aromatic nitrogens is 2. The molecule has 3 heterocycles. The summed E-state index contributed by atoms with van der Waals surface area (Å²) in [6, 6.07) is 18.7. The predicted octanol–water partition coefficient (Wildman–Crippen LogP) is 4.10. The van der Waals surface area contributed by atoms with E-state index in [1.165, 1.54) is 6.26 Å². The molecule has 2 aromatic heterocycles. The van der Waals surface area contributed by atoms with E-state index in [9.17, 15) is 9.59 Å². The van der Waals surface area contributed by atoms with Gasteiger partial charge in [-0.1, -0.05) is 24.3 Å². The molecule has 2 N–H and O–H groups in total. The van der Waals surface area contributed by atoms with Gasteiger partial charge in [-0.2, -0.15) is 0 Å². The maximum Gasteiger partial charge on any atom is 0.289 e. The molecule has 172 valence electrons. The largest absolute Gasteiger partial charge is 0.459 e. The van der Waals surface area contributed by atoms with Crippen molar-refractivity contribution in [2.24, 2.45) is 0 Å². The van der Waals surface area contributed by atoms with E-state index in [1.807, 2.05) is 48.5 Å². The Balaban J connectivity index is 1.19. The van der Waals surface area contributed by atoms with Crippen LogP contribution in [-0.4, -0.2) is 57.8 Å². The van der Waals surface area contributed by atoms with Gasteiger partial charge in [-0.3, -0.25) is 9.59 Å². The second-order valence-corrected chi connectivity index (χ2v) is 8.44. The second kappa shape index (κ2) is 9.48. The van der Waals surface area contributed by atoms with Gasteiger partial charge in [0.15, 0.2) is 10.5 Å². The third-order valence-electron chi connectivity index (χ3n) is 5.88. The first kappa shape index (κ1) is 21.8. The van der Waals surface area contributed by atoms with Crippen molar-refractivity contribution in [2.75, 3.05) is 31.5 Å². The topological polar surface area (TPSA) is 94.5 Å². The molecule has 0 saturated carbocycles. The summed E-state index contributed by atoms with van der Waals surface area (Å²) >= 11 is 5.23. The third kappa shape index (κ3) is 4.55.